The Morgan fingerprint density at radius 1 is 1.24 bits per heavy atom. The van der Waals surface area contributed by atoms with Gasteiger partial charge in [-0.2, -0.15) is 4.98 Å². The molecule has 110 valence electrons. The lowest BCUT2D eigenvalue weighted by molar-refractivity contribution is 0.224. The van der Waals surface area contributed by atoms with Crippen LogP contribution >= 0.6 is 0 Å². The molecule has 2 aromatic rings. The molecule has 1 N–H and O–H groups in total. The van der Waals surface area contributed by atoms with Crippen molar-refractivity contribution in [2.75, 3.05) is 32.8 Å². The number of hydrogen-bond donors (Lipinski definition) is 1. The van der Waals surface area contributed by atoms with E-state index in [9.17, 15) is 0 Å². The molecule has 2 aliphatic heterocycles. The fourth-order valence-corrected chi connectivity index (χ4v) is 2.91. The largest absolute Gasteiger partial charge is 0.492 e. The average molecular weight is 286 g/mol. The van der Waals surface area contributed by atoms with E-state index in [1.54, 1.807) is 0 Å². The molecule has 0 radical (unpaired) electrons. The van der Waals surface area contributed by atoms with Gasteiger partial charge in [0, 0.05) is 31.7 Å². The Hall–Kier alpha value is -1.92. The van der Waals surface area contributed by atoms with E-state index in [4.69, 9.17) is 9.26 Å². The van der Waals surface area contributed by atoms with Crippen molar-refractivity contribution in [3.8, 4) is 5.75 Å². The Morgan fingerprint density at radius 3 is 3.00 bits per heavy atom. The zero-order valence-corrected chi connectivity index (χ0v) is 11.8. The van der Waals surface area contributed by atoms with Crippen molar-refractivity contribution in [2.24, 2.45) is 0 Å². The molecule has 2 aliphatic rings. The number of nitrogens with one attached hydrogen (secondary N) is 1. The number of piperazine rings is 1. The first kappa shape index (κ1) is 12.8. The van der Waals surface area contributed by atoms with Crippen molar-refractivity contribution in [3.63, 3.8) is 0 Å². The Bertz CT molecular complexity index is 622. The van der Waals surface area contributed by atoms with Crippen LogP contribution in [0.4, 0.5) is 0 Å². The van der Waals surface area contributed by atoms with Crippen LogP contribution in [0.25, 0.3) is 0 Å². The number of benzene rings is 1. The number of rotatable bonds is 3. The van der Waals surface area contributed by atoms with Crippen molar-refractivity contribution in [1.82, 2.24) is 20.4 Å². The van der Waals surface area contributed by atoms with Gasteiger partial charge in [0.15, 0.2) is 5.82 Å². The molecule has 0 bridgehead atoms. The second kappa shape index (κ2) is 5.46. The molecule has 1 saturated heterocycles. The highest BCUT2D eigenvalue weighted by Crippen LogP contribution is 2.36. The van der Waals surface area contributed by atoms with Gasteiger partial charge in [0.2, 0.25) is 5.89 Å². The highest BCUT2D eigenvalue weighted by molar-refractivity contribution is 5.42. The maximum atomic E-state index is 5.68. The second-order valence-electron chi connectivity index (χ2n) is 5.48. The average Bonchev–Trinajstić information content (AvgIpc) is 3.14. The Labute approximate surface area is 123 Å². The van der Waals surface area contributed by atoms with Gasteiger partial charge < -0.3 is 14.6 Å². The zero-order valence-electron chi connectivity index (χ0n) is 11.8. The Kier molecular flexibility index (Phi) is 3.33. The Morgan fingerprint density at radius 2 is 2.10 bits per heavy atom. The number of nitrogens with zero attached hydrogens (tertiary/aromatic N) is 3. The third kappa shape index (κ3) is 2.52. The molecule has 1 unspecified atom stereocenters. The van der Waals surface area contributed by atoms with E-state index in [1.807, 2.05) is 18.2 Å². The van der Waals surface area contributed by atoms with Crippen molar-refractivity contribution in [3.05, 3.63) is 41.5 Å². The molecule has 1 fully saturated rings. The molecule has 1 aromatic heterocycles. The quantitative estimate of drug-likeness (QED) is 0.908. The molecule has 0 aliphatic carbocycles. The fraction of sp³-hybridized carbons (Fsp3) is 0.467. The van der Waals surface area contributed by atoms with Crippen molar-refractivity contribution >= 4 is 0 Å². The number of ether oxygens (including phenoxy) is 1. The Balaban J connectivity index is 1.50. The summed E-state index contributed by atoms with van der Waals surface area (Å²) in [4.78, 5) is 6.90. The van der Waals surface area contributed by atoms with Gasteiger partial charge in [-0.25, -0.2) is 0 Å². The standard InChI is InChI=1S/C15H18N4O2/c1-2-4-13-11(3-1)12(10-20-13)15-17-14(18-21-15)9-19-7-5-16-6-8-19/h1-4,12,16H,5-10H2. The van der Waals surface area contributed by atoms with Gasteiger partial charge in [-0.1, -0.05) is 23.4 Å². The molecule has 0 saturated carbocycles. The van der Waals surface area contributed by atoms with Crippen LogP contribution in [0, 0.1) is 0 Å². The van der Waals surface area contributed by atoms with Crippen LogP contribution in [0.2, 0.25) is 0 Å². The van der Waals surface area contributed by atoms with Gasteiger partial charge in [-0.15, -0.1) is 0 Å². The van der Waals surface area contributed by atoms with Gasteiger partial charge in [0.25, 0.3) is 0 Å². The molecule has 0 spiro atoms. The molecule has 1 aromatic carbocycles. The summed E-state index contributed by atoms with van der Waals surface area (Å²) in [5.41, 5.74) is 1.13. The van der Waals surface area contributed by atoms with Crippen molar-refractivity contribution in [1.29, 1.82) is 0 Å². The third-order valence-electron chi connectivity index (χ3n) is 4.06. The minimum Gasteiger partial charge on any atom is -0.492 e. The molecule has 1 atom stereocenters. The number of fused-ring (bicyclic) bond motifs is 1. The van der Waals surface area contributed by atoms with E-state index < -0.39 is 0 Å². The summed E-state index contributed by atoms with van der Waals surface area (Å²) in [7, 11) is 0. The zero-order chi connectivity index (χ0) is 14.1. The molecule has 0 amide bonds. The highest BCUT2D eigenvalue weighted by atomic mass is 16.5. The first-order valence-corrected chi connectivity index (χ1v) is 7.37. The highest BCUT2D eigenvalue weighted by Gasteiger charge is 2.30. The van der Waals surface area contributed by atoms with Gasteiger partial charge >= 0.3 is 0 Å². The van der Waals surface area contributed by atoms with Gasteiger partial charge in [-0.05, 0) is 6.07 Å². The third-order valence-corrected chi connectivity index (χ3v) is 4.06. The van der Waals surface area contributed by atoms with E-state index in [0.29, 0.717) is 12.5 Å². The van der Waals surface area contributed by atoms with Crippen LogP contribution in [-0.4, -0.2) is 47.8 Å². The van der Waals surface area contributed by atoms with E-state index in [1.165, 1.54) is 0 Å². The van der Waals surface area contributed by atoms with Gasteiger partial charge in [-0.3, -0.25) is 4.90 Å². The monoisotopic (exact) mass is 286 g/mol. The van der Waals surface area contributed by atoms with E-state index >= 15 is 0 Å². The molecule has 6 nitrogen and oxygen atoms in total. The minimum absolute atomic E-state index is 0.0606. The maximum Gasteiger partial charge on any atom is 0.237 e. The minimum atomic E-state index is 0.0606. The first-order chi connectivity index (χ1) is 10.4. The lowest BCUT2D eigenvalue weighted by Gasteiger charge is -2.25. The van der Waals surface area contributed by atoms with Crippen LogP contribution in [0.5, 0.6) is 5.75 Å². The SMILES string of the molecule is c1ccc2c(c1)OCC2c1nc(CN2CCNCC2)no1. The fourth-order valence-electron chi connectivity index (χ4n) is 2.91. The summed E-state index contributed by atoms with van der Waals surface area (Å²) in [6.45, 7) is 5.43. The number of para-hydroxylation sites is 1. The van der Waals surface area contributed by atoms with Crippen LogP contribution in [0.1, 0.15) is 23.2 Å². The predicted octanol–water partition coefficient (Wildman–Crippen LogP) is 0.999. The van der Waals surface area contributed by atoms with Crippen molar-refractivity contribution in [2.45, 2.75) is 12.5 Å². The van der Waals surface area contributed by atoms with Crippen LogP contribution < -0.4 is 10.1 Å². The molecule has 3 heterocycles. The number of hydrogen-bond acceptors (Lipinski definition) is 6. The second-order valence-corrected chi connectivity index (χ2v) is 5.48. The summed E-state index contributed by atoms with van der Waals surface area (Å²) in [5.74, 6) is 2.40. The molecule has 4 rings (SSSR count). The van der Waals surface area contributed by atoms with Crippen LogP contribution in [0.3, 0.4) is 0 Å². The van der Waals surface area contributed by atoms with E-state index in [0.717, 1.165) is 49.9 Å². The predicted molar refractivity (Wildman–Crippen MR) is 76.2 cm³/mol. The molecular formula is C15H18N4O2. The topological polar surface area (TPSA) is 63.4 Å². The molecule has 21 heavy (non-hydrogen) atoms. The van der Waals surface area contributed by atoms with E-state index in [-0.39, 0.29) is 5.92 Å². The van der Waals surface area contributed by atoms with Gasteiger partial charge in [0.1, 0.15) is 18.3 Å². The van der Waals surface area contributed by atoms with Crippen LogP contribution in [-0.2, 0) is 6.54 Å². The number of aromatic nitrogens is 2. The lowest BCUT2D eigenvalue weighted by atomic mass is 10.0. The smallest absolute Gasteiger partial charge is 0.237 e. The summed E-state index contributed by atoms with van der Waals surface area (Å²) in [5, 5.41) is 7.46. The van der Waals surface area contributed by atoms with Gasteiger partial charge in [0.05, 0.1) is 6.54 Å². The summed E-state index contributed by atoms with van der Waals surface area (Å²) >= 11 is 0. The maximum absolute atomic E-state index is 5.68. The summed E-state index contributed by atoms with van der Waals surface area (Å²) in [6, 6.07) is 8.03. The van der Waals surface area contributed by atoms with Crippen LogP contribution in [0.15, 0.2) is 28.8 Å². The first-order valence-electron chi connectivity index (χ1n) is 7.37. The summed E-state index contributed by atoms with van der Waals surface area (Å²) in [6.07, 6.45) is 0. The van der Waals surface area contributed by atoms with Crippen molar-refractivity contribution < 1.29 is 9.26 Å². The normalized spacial score (nSPS) is 22.0. The molecule has 6 heteroatoms. The molecular weight excluding hydrogens is 268 g/mol. The lowest BCUT2D eigenvalue weighted by Crippen LogP contribution is -2.43. The summed E-state index contributed by atoms with van der Waals surface area (Å²) < 4.78 is 11.1. The van der Waals surface area contributed by atoms with E-state index in [2.05, 4.69) is 26.4 Å².